The molecule has 1 heterocycles. The van der Waals surface area contributed by atoms with Gasteiger partial charge in [0.1, 0.15) is 11.5 Å². The molecule has 4 rings (SSSR count). The van der Waals surface area contributed by atoms with E-state index in [1.54, 1.807) is 14.2 Å². The van der Waals surface area contributed by atoms with Crippen LogP contribution in [0.2, 0.25) is 0 Å². The molecule has 4 heteroatoms. The van der Waals surface area contributed by atoms with E-state index in [0.717, 1.165) is 50.5 Å². The van der Waals surface area contributed by atoms with Crippen molar-refractivity contribution in [3.8, 4) is 11.5 Å². The van der Waals surface area contributed by atoms with Crippen LogP contribution in [0, 0.1) is 0 Å². The van der Waals surface area contributed by atoms with Gasteiger partial charge in [-0.1, -0.05) is 42.5 Å². The molecule has 0 bridgehead atoms. The number of para-hydroxylation sites is 3. The molecule has 0 atom stereocenters. The van der Waals surface area contributed by atoms with Crippen LogP contribution in [0.5, 0.6) is 11.5 Å². The fraction of sp³-hybridized carbons (Fsp3) is 0.357. The fourth-order valence-electron chi connectivity index (χ4n) is 4.95. The molecule has 3 aromatic rings. The summed E-state index contributed by atoms with van der Waals surface area (Å²) in [6, 6.07) is 27.8. The summed E-state index contributed by atoms with van der Waals surface area (Å²) in [4.78, 5) is 4.98. The maximum atomic E-state index is 5.64. The zero-order valence-corrected chi connectivity index (χ0v) is 19.5. The summed E-state index contributed by atoms with van der Waals surface area (Å²) >= 11 is 0. The summed E-state index contributed by atoms with van der Waals surface area (Å²) in [6.07, 6.45) is 2.14. The van der Waals surface area contributed by atoms with Gasteiger partial charge >= 0.3 is 0 Å². The molecule has 0 aromatic heterocycles. The number of hydrogen-bond donors (Lipinski definition) is 0. The van der Waals surface area contributed by atoms with E-state index in [1.165, 1.54) is 16.9 Å². The standard InChI is InChI=1S/C28H34N2O2/c1-4-29(24-12-6-5-7-13-24)22-28(23-11-10-14-25(21-23)31-2)17-19-30(20-18-28)26-15-8-9-16-27(26)32-3/h5-16,21H,4,17-20,22H2,1-3H3. The van der Waals surface area contributed by atoms with E-state index in [1.807, 2.05) is 18.2 Å². The zero-order valence-electron chi connectivity index (χ0n) is 19.5. The predicted octanol–water partition coefficient (Wildman–Crippen LogP) is 5.77. The molecule has 1 aliphatic heterocycles. The van der Waals surface area contributed by atoms with E-state index in [2.05, 4.69) is 77.4 Å². The Morgan fingerprint density at radius 2 is 1.56 bits per heavy atom. The number of likely N-dealkylation sites (N-methyl/N-ethyl adjacent to an activating group) is 1. The highest BCUT2D eigenvalue weighted by Crippen LogP contribution is 2.41. The van der Waals surface area contributed by atoms with Crippen molar-refractivity contribution in [1.29, 1.82) is 0 Å². The van der Waals surface area contributed by atoms with Crippen molar-refractivity contribution in [3.05, 3.63) is 84.4 Å². The van der Waals surface area contributed by atoms with Crippen molar-refractivity contribution in [3.63, 3.8) is 0 Å². The van der Waals surface area contributed by atoms with Crippen LogP contribution in [-0.4, -0.2) is 40.4 Å². The van der Waals surface area contributed by atoms with E-state index in [0.29, 0.717) is 0 Å². The van der Waals surface area contributed by atoms with Crippen LogP contribution in [0.4, 0.5) is 11.4 Å². The van der Waals surface area contributed by atoms with Crippen LogP contribution < -0.4 is 19.3 Å². The van der Waals surface area contributed by atoms with Crippen molar-refractivity contribution < 1.29 is 9.47 Å². The highest BCUT2D eigenvalue weighted by Gasteiger charge is 2.38. The molecule has 1 saturated heterocycles. The zero-order chi connectivity index (χ0) is 22.4. The Hall–Kier alpha value is -3.14. The Balaban J connectivity index is 1.65. The third-order valence-electron chi connectivity index (χ3n) is 6.83. The molecule has 0 N–H and O–H groups in total. The number of hydrogen-bond acceptors (Lipinski definition) is 4. The highest BCUT2D eigenvalue weighted by molar-refractivity contribution is 5.59. The Kier molecular flexibility index (Phi) is 6.89. The molecule has 4 nitrogen and oxygen atoms in total. The smallest absolute Gasteiger partial charge is 0.142 e. The summed E-state index contributed by atoms with van der Waals surface area (Å²) in [5, 5.41) is 0. The summed E-state index contributed by atoms with van der Waals surface area (Å²) in [6.45, 7) is 6.19. The van der Waals surface area contributed by atoms with Crippen molar-refractivity contribution in [2.75, 3.05) is 50.2 Å². The lowest BCUT2D eigenvalue weighted by Crippen LogP contribution is -2.49. The second-order valence-corrected chi connectivity index (χ2v) is 8.52. The molecular weight excluding hydrogens is 396 g/mol. The van der Waals surface area contributed by atoms with Gasteiger partial charge in [0.05, 0.1) is 19.9 Å². The minimum absolute atomic E-state index is 0.0545. The van der Waals surface area contributed by atoms with Gasteiger partial charge in [-0.2, -0.15) is 0 Å². The lowest BCUT2D eigenvalue weighted by atomic mass is 9.72. The number of benzene rings is 3. The summed E-state index contributed by atoms with van der Waals surface area (Å²) in [5.74, 6) is 1.87. The number of nitrogens with zero attached hydrogens (tertiary/aromatic N) is 2. The maximum absolute atomic E-state index is 5.64. The molecule has 0 aliphatic carbocycles. The fourth-order valence-corrected chi connectivity index (χ4v) is 4.95. The third-order valence-corrected chi connectivity index (χ3v) is 6.83. The quantitative estimate of drug-likeness (QED) is 0.453. The molecule has 0 radical (unpaired) electrons. The number of piperidine rings is 1. The topological polar surface area (TPSA) is 24.9 Å². The second kappa shape index (κ2) is 9.99. The van der Waals surface area contributed by atoms with Crippen molar-refractivity contribution in [1.82, 2.24) is 0 Å². The van der Waals surface area contributed by atoms with Crippen LogP contribution in [0.3, 0.4) is 0 Å². The van der Waals surface area contributed by atoms with E-state index in [9.17, 15) is 0 Å². The first kappa shape index (κ1) is 22.1. The summed E-state index contributed by atoms with van der Waals surface area (Å²) < 4.78 is 11.2. The molecule has 1 fully saturated rings. The highest BCUT2D eigenvalue weighted by atomic mass is 16.5. The van der Waals surface area contributed by atoms with Gasteiger partial charge in [0.15, 0.2) is 0 Å². The molecule has 0 spiro atoms. The van der Waals surface area contributed by atoms with Gasteiger partial charge in [-0.15, -0.1) is 0 Å². The lowest BCUT2D eigenvalue weighted by molar-refractivity contribution is 0.327. The molecule has 1 aliphatic rings. The minimum Gasteiger partial charge on any atom is -0.497 e. The molecule has 32 heavy (non-hydrogen) atoms. The normalized spacial score (nSPS) is 15.3. The monoisotopic (exact) mass is 430 g/mol. The van der Waals surface area contributed by atoms with E-state index >= 15 is 0 Å². The first-order valence-corrected chi connectivity index (χ1v) is 11.5. The SMILES string of the molecule is CCN(CC1(c2cccc(OC)c2)CCN(c2ccccc2OC)CC1)c1ccccc1. The molecule has 0 saturated carbocycles. The second-order valence-electron chi connectivity index (χ2n) is 8.52. The maximum Gasteiger partial charge on any atom is 0.142 e. The van der Waals surface area contributed by atoms with Gasteiger partial charge in [-0.3, -0.25) is 0 Å². The number of ether oxygens (including phenoxy) is 2. The Morgan fingerprint density at radius 3 is 2.25 bits per heavy atom. The molecular formula is C28H34N2O2. The first-order valence-electron chi connectivity index (χ1n) is 11.5. The van der Waals surface area contributed by atoms with Gasteiger partial charge in [-0.05, 0) is 61.7 Å². The minimum atomic E-state index is 0.0545. The number of anilines is 2. The Bertz CT molecular complexity index is 997. The van der Waals surface area contributed by atoms with Crippen molar-refractivity contribution in [2.24, 2.45) is 0 Å². The van der Waals surface area contributed by atoms with Crippen molar-refractivity contribution in [2.45, 2.75) is 25.2 Å². The predicted molar refractivity (Wildman–Crippen MR) is 133 cm³/mol. The van der Waals surface area contributed by atoms with Gasteiger partial charge in [0.2, 0.25) is 0 Å². The average molecular weight is 431 g/mol. The van der Waals surface area contributed by atoms with E-state index < -0.39 is 0 Å². The summed E-state index contributed by atoms with van der Waals surface area (Å²) in [5.41, 5.74) is 3.89. The molecule has 3 aromatic carbocycles. The van der Waals surface area contributed by atoms with E-state index in [-0.39, 0.29) is 5.41 Å². The third kappa shape index (κ3) is 4.55. The van der Waals surface area contributed by atoms with Crippen LogP contribution in [0.25, 0.3) is 0 Å². The van der Waals surface area contributed by atoms with Crippen LogP contribution in [0.1, 0.15) is 25.3 Å². The Labute approximate surface area is 192 Å². The van der Waals surface area contributed by atoms with Gasteiger partial charge < -0.3 is 19.3 Å². The first-order chi connectivity index (χ1) is 15.7. The Morgan fingerprint density at radius 1 is 0.844 bits per heavy atom. The van der Waals surface area contributed by atoms with Gasteiger partial charge in [0.25, 0.3) is 0 Å². The van der Waals surface area contributed by atoms with Gasteiger partial charge in [0, 0.05) is 37.3 Å². The van der Waals surface area contributed by atoms with Crippen molar-refractivity contribution >= 4 is 11.4 Å². The molecule has 0 amide bonds. The average Bonchev–Trinajstić information content (AvgIpc) is 2.88. The van der Waals surface area contributed by atoms with Gasteiger partial charge in [-0.25, -0.2) is 0 Å². The number of methoxy groups -OCH3 is 2. The summed E-state index contributed by atoms with van der Waals surface area (Å²) in [7, 11) is 3.50. The lowest BCUT2D eigenvalue weighted by Gasteiger charge is -2.46. The van der Waals surface area contributed by atoms with Crippen LogP contribution in [-0.2, 0) is 5.41 Å². The van der Waals surface area contributed by atoms with Crippen LogP contribution in [0.15, 0.2) is 78.9 Å². The molecule has 0 unspecified atom stereocenters. The number of rotatable bonds is 8. The largest absolute Gasteiger partial charge is 0.497 e. The van der Waals surface area contributed by atoms with E-state index in [4.69, 9.17) is 9.47 Å². The molecule has 168 valence electrons. The van der Waals surface area contributed by atoms with Crippen LogP contribution >= 0.6 is 0 Å².